The Morgan fingerprint density at radius 3 is 2.54 bits per heavy atom. The van der Waals surface area contributed by atoms with Crippen LogP contribution in [-0.2, 0) is 6.42 Å². The highest BCUT2D eigenvalue weighted by atomic mass is 16.4. The maximum absolute atomic E-state index is 12.6. The van der Waals surface area contributed by atoms with Gasteiger partial charge in [-0.2, -0.15) is 0 Å². The maximum atomic E-state index is 12.6. The van der Waals surface area contributed by atoms with Crippen LogP contribution in [-0.4, -0.2) is 23.7 Å². The molecule has 0 aromatic heterocycles. The zero-order chi connectivity index (χ0) is 17.1. The van der Waals surface area contributed by atoms with E-state index >= 15 is 0 Å². The van der Waals surface area contributed by atoms with Crippen molar-refractivity contribution in [2.24, 2.45) is 0 Å². The summed E-state index contributed by atoms with van der Waals surface area (Å²) in [4.78, 5) is 25.3. The van der Waals surface area contributed by atoms with Crippen molar-refractivity contribution in [2.75, 3.05) is 11.4 Å². The number of hydrogen-bond donors (Lipinski definition) is 2. The van der Waals surface area contributed by atoms with Crippen molar-refractivity contribution in [3.8, 4) is 0 Å². The number of carboxylic acids is 1. The minimum absolute atomic E-state index is 0.128. The molecule has 0 saturated carbocycles. The van der Waals surface area contributed by atoms with Crippen LogP contribution in [0.15, 0.2) is 48.5 Å². The number of benzene rings is 2. The highest BCUT2D eigenvalue weighted by Gasteiger charge is 2.23. The molecule has 0 fully saturated rings. The first-order valence-corrected chi connectivity index (χ1v) is 8.05. The van der Waals surface area contributed by atoms with Gasteiger partial charge in [0, 0.05) is 12.2 Å². The lowest BCUT2D eigenvalue weighted by Gasteiger charge is -2.30. The molecule has 0 unspecified atom stereocenters. The van der Waals surface area contributed by atoms with Crippen molar-refractivity contribution >= 4 is 17.7 Å². The third-order valence-electron chi connectivity index (χ3n) is 4.35. The summed E-state index contributed by atoms with van der Waals surface area (Å²) in [6.45, 7) is 2.59. The minimum atomic E-state index is -0.955. The number of aromatic carboxylic acids is 1. The summed E-state index contributed by atoms with van der Waals surface area (Å²) >= 11 is 0. The number of carbonyl (C=O) groups is 2. The van der Waals surface area contributed by atoms with E-state index in [1.54, 1.807) is 29.2 Å². The number of carbonyl (C=O) groups excluding carboxylic acids is 1. The maximum Gasteiger partial charge on any atom is 0.335 e. The fourth-order valence-corrected chi connectivity index (χ4v) is 3.01. The Kier molecular flexibility index (Phi) is 4.51. The number of carboxylic acid groups (broad SMARTS) is 1. The third kappa shape index (κ3) is 3.25. The summed E-state index contributed by atoms with van der Waals surface area (Å²) in [5.41, 5.74) is 3.27. The van der Waals surface area contributed by atoms with Gasteiger partial charge in [0.05, 0.1) is 11.6 Å². The molecule has 0 aliphatic carbocycles. The number of urea groups is 1. The molecule has 0 bridgehead atoms. The molecular weight excluding hydrogens is 304 g/mol. The van der Waals surface area contributed by atoms with Gasteiger partial charge in [-0.3, -0.25) is 4.90 Å². The fourth-order valence-electron chi connectivity index (χ4n) is 3.01. The predicted octanol–water partition coefficient (Wildman–Crippen LogP) is 3.61. The third-order valence-corrected chi connectivity index (χ3v) is 4.35. The zero-order valence-electron chi connectivity index (χ0n) is 13.5. The molecule has 24 heavy (non-hydrogen) atoms. The van der Waals surface area contributed by atoms with Crippen molar-refractivity contribution in [1.82, 2.24) is 5.32 Å². The Labute approximate surface area is 140 Å². The van der Waals surface area contributed by atoms with Crippen LogP contribution in [0.25, 0.3) is 0 Å². The molecule has 0 spiro atoms. The van der Waals surface area contributed by atoms with Gasteiger partial charge in [0.15, 0.2) is 0 Å². The number of aryl methyl sites for hydroxylation is 1. The average Bonchev–Trinajstić information content (AvgIpc) is 2.61. The summed E-state index contributed by atoms with van der Waals surface area (Å²) < 4.78 is 0. The van der Waals surface area contributed by atoms with E-state index < -0.39 is 5.97 Å². The van der Waals surface area contributed by atoms with Crippen LogP contribution in [0.2, 0.25) is 0 Å². The number of amides is 2. The molecule has 2 aromatic rings. The highest BCUT2D eigenvalue weighted by Crippen LogP contribution is 2.27. The average molecular weight is 324 g/mol. The van der Waals surface area contributed by atoms with Gasteiger partial charge in [-0.15, -0.1) is 0 Å². The van der Waals surface area contributed by atoms with E-state index in [4.69, 9.17) is 5.11 Å². The molecule has 0 radical (unpaired) electrons. The van der Waals surface area contributed by atoms with E-state index in [1.807, 2.05) is 25.1 Å². The highest BCUT2D eigenvalue weighted by molar-refractivity contribution is 5.93. The summed E-state index contributed by atoms with van der Waals surface area (Å²) in [5.74, 6) is -0.955. The molecule has 3 rings (SSSR count). The molecular formula is C19H20N2O3. The Hall–Kier alpha value is -2.82. The molecule has 124 valence electrons. The lowest BCUT2D eigenvalue weighted by molar-refractivity contribution is 0.0697. The smallest absolute Gasteiger partial charge is 0.335 e. The Morgan fingerprint density at radius 1 is 1.12 bits per heavy atom. The van der Waals surface area contributed by atoms with Gasteiger partial charge in [0.1, 0.15) is 0 Å². The largest absolute Gasteiger partial charge is 0.478 e. The van der Waals surface area contributed by atoms with Crippen LogP contribution < -0.4 is 10.2 Å². The van der Waals surface area contributed by atoms with Gasteiger partial charge >= 0.3 is 12.0 Å². The standard InChI is InChI=1S/C19H20N2O3/c1-13(14-8-10-16(11-9-14)18(22)23)20-19(24)21-12-4-6-15-5-2-3-7-17(15)21/h2-3,5,7-11,13H,4,6,12H2,1H3,(H,20,24)(H,22,23)/t13-/m0/s1. The number of anilines is 1. The van der Waals surface area contributed by atoms with Crippen LogP contribution in [0.5, 0.6) is 0 Å². The first-order chi connectivity index (χ1) is 11.6. The number of rotatable bonds is 3. The van der Waals surface area contributed by atoms with Gasteiger partial charge in [0.25, 0.3) is 0 Å². The van der Waals surface area contributed by atoms with E-state index in [9.17, 15) is 9.59 Å². The SMILES string of the molecule is C[C@H](NC(=O)N1CCCc2ccccc21)c1ccc(C(=O)O)cc1. The Morgan fingerprint density at radius 2 is 1.83 bits per heavy atom. The van der Waals surface area contributed by atoms with E-state index in [0.717, 1.165) is 24.1 Å². The van der Waals surface area contributed by atoms with Crippen molar-refractivity contribution in [1.29, 1.82) is 0 Å². The van der Waals surface area contributed by atoms with E-state index in [-0.39, 0.29) is 17.6 Å². The predicted molar refractivity (Wildman–Crippen MR) is 92.5 cm³/mol. The molecule has 5 heteroatoms. The monoisotopic (exact) mass is 324 g/mol. The molecule has 1 atom stereocenters. The topological polar surface area (TPSA) is 69.6 Å². The van der Waals surface area contributed by atoms with E-state index in [1.165, 1.54) is 5.56 Å². The van der Waals surface area contributed by atoms with Gasteiger partial charge in [-0.1, -0.05) is 30.3 Å². The summed E-state index contributed by atoms with van der Waals surface area (Å²) in [6, 6.07) is 14.2. The molecule has 0 saturated heterocycles. The molecule has 1 aliphatic rings. The second-order valence-corrected chi connectivity index (χ2v) is 5.98. The molecule has 1 heterocycles. The number of para-hydroxylation sites is 1. The molecule has 5 nitrogen and oxygen atoms in total. The van der Waals surface area contributed by atoms with Crippen LogP contribution in [0.4, 0.5) is 10.5 Å². The Bertz CT molecular complexity index is 755. The lowest BCUT2D eigenvalue weighted by atomic mass is 10.0. The van der Waals surface area contributed by atoms with Crippen LogP contribution in [0.3, 0.4) is 0 Å². The van der Waals surface area contributed by atoms with Crippen LogP contribution >= 0.6 is 0 Å². The normalized spacial score (nSPS) is 14.6. The van der Waals surface area contributed by atoms with Crippen molar-refractivity contribution < 1.29 is 14.7 Å². The van der Waals surface area contributed by atoms with Crippen molar-refractivity contribution in [2.45, 2.75) is 25.8 Å². The lowest BCUT2D eigenvalue weighted by Crippen LogP contribution is -2.43. The van der Waals surface area contributed by atoms with Crippen LogP contribution in [0.1, 0.15) is 40.9 Å². The minimum Gasteiger partial charge on any atom is -0.478 e. The first kappa shape index (κ1) is 16.1. The van der Waals surface area contributed by atoms with Gasteiger partial charge < -0.3 is 10.4 Å². The summed E-state index contributed by atoms with van der Waals surface area (Å²) in [7, 11) is 0. The summed E-state index contributed by atoms with van der Waals surface area (Å²) in [6.07, 6.45) is 1.94. The van der Waals surface area contributed by atoms with Gasteiger partial charge in [-0.25, -0.2) is 9.59 Å². The number of nitrogens with zero attached hydrogens (tertiary/aromatic N) is 1. The number of hydrogen-bond acceptors (Lipinski definition) is 2. The van der Waals surface area contributed by atoms with Crippen LogP contribution in [0, 0.1) is 0 Å². The second kappa shape index (κ2) is 6.74. The molecule has 2 aromatic carbocycles. The zero-order valence-corrected chi connectivity index (χ0v) is 13.5. The summed E-state index contributed by atoms with van der Waals surface area (Å²) in [5, 5.41) is 11.9. The van der Waals surface area contributed by atoms with Gasteiger partial charge in [0.2, 0.25) is 0 Å². The molecule has 2 N–H and O–H groups in total. The van der Waals surface area contributed by atoms with Crippen molar-refractivity contribution in [3.63, 3.8) is 0 Å². The first-order valence-electron chi connectivity index (χ1n) is 8.05. The van der Waals surface area contributed by atoms with E-state index in [2.05, 4.69) is 11.4 Å². The second-order valence-electron chi connectivity index (χ2n) is 5.98. The quantitative estimate of drug-likeness (QED) is 0.906. The van der Waals surface area contributed by atoms with E-state index in [0.29, 0.717) is 6.54 Å². The Balaban J connectivity index is 1.72. The number of fused-ring (bicyclic) bond motifs is 1. The van der Waals surface area contributed by atoms with Crippen molar-refractivity contribution in [3.05, 3.63) is 65.2 Å². The van der Waals surface area contributed by atoms with Gasteiger partial charge in [-0.05, 0) is 49.1 Å². The number of nitrogens with one attached hydrogen (secondary N) is 1. The fraction of sp³-hybridized carbons (Fsp3) is 0.263. The molecule has 1 aliphatic heterocycles. The molecule has 2 amide bonds.